The monoisotopic (exact) mass is 339 g/mol. The maximum Gasteiger partial charge on any atom is 0.191 e. The highest BCUT2D eigenvalue weighted by Crippen LogP contribution is 2.43. The van der Waals surface area contributed by atoms with E-state index in [1.807, 2.05) is 0 Å². The van der Waals surface area contributed by atoms with E-state index in [4.69, 9.17) is 0 Å². The zero-order valence-electron chi connectivity index (χ0n) is 10.8. The number of aliphatic imine (C=N–C) groups is 1. The van der Waals surface area contributed by atoms with Crippen molar-refractivity contribution in [1.29, 1.82) is 0 Å². The van der Waals surface area contributed by atoms with Crippen LogP contribution >= 0.6 is 24.0 Å². The lowest BCUT2D eigenvalue weighted by molar-refractivity contribution is 0.139. The third-order valence-corrected chi connectivity index (χ3v) is 3.43. The van der Waals surface area contributed by atoms with Gasteiger partial charge in [0.2, 0.25) is 0 Å². The summed E-state index contributed by atoms with van der Waals surface area (Å²) < 4.78 is 0. The molecule has 0 atom stereocenters. The average molecular weight is 339 g/mol. The zero-order valence-corrected chi connectivity index (χ0v) is 13.1. The van der Waals surface area contributed by atoms with Crippen LogP contribution in [-0.2, 0) is 0 Å². The van der Waals surface area contributed by atoms with Crippen LogP contribution in [0.4, 0.5) is 0 Å². The van der Waals surface area contributed by atoms with E-state index in [0.717, 1.165) is 25.6 Å². The molecule has 3 nitrogen and oxygen atoms in total. The maximum atomic E-state index is 4.66. The van der Waals surface area contributed by atoms with Gasteiger partial charge in [0.25, 0.3) is 0 Å². The van der Waals surface area contributed by atoms with Gasteiger partial charge in [0.1, 0.15) is 0 Å². The second-order valence-electron chi connectivity index (χ2n) is 4.43. The molecule has 1 fully saturated rings. The molecule has 4 heteroatoms. The Balaban J connectivity index is 0.00000225. The van der Waals surface area contributed by atoms with Gasteiger partial charge in [-0.1, -0.05) is 13.3 Å². The van der Waals surface area contributed by atoms with Gasteiger partial charge in [0, 0.05) is 19.6 Å². The molecule has 0 spiro atoms. The van der Waals surface area contributed by atoms with E-state index < -0.39 is 0 Å². The quantitative estimate of drug-likeness (QED) is 0.459. The molecule has 96 valence electrons. The molecule has 0 aromatic rings. The van der Waals surface area contributed by atoms with E-state index in [2.05, 4.69) is 36.4 Å². The first-order valence-corrected chi connectivity index (χ1v) is 6.28. The summed E-state index contributed by atoms with van der Waals surface area (Å²) in [7, 11) is 0. The Bertz CT molecular complexity index is 199. The van der Waals surface area contributed by atoms with Crippen LogP contribution in [0.25, 0.3) is 0 Å². The minimum absolute atomic E-state index is 0. The van der Waals surface area contributed by atoms with Crippen molar-refractivity contribution in [2.45, 2.75) is 46.5 Å². The molecule has 0 radical (unpaired) electrons. The highest BCUT2D eigenvalue weighted by molar-refractivity contribution is 14.0. The van der Waals surface area contributed by atoms with E-state index in [9.17, 15) is 0 Å². The maximum absolute atomic E-state index is 4.66. The molecule has 16 heavy (non-hydrogen) atoms. The molecule has 2 N–H and O–H groups in total. The van der Waals surface area contributed by atoms with Crippen molar-refractivity contribution in [3.8, 4) is 0 Å². The van der Waals surface area contributed by atoms with E-state index in [1.54, 1.807) is 0 Å². The van der Waals surface area contributed by atoms with Gasteiger partial charge in [-0.3, -0.25) is 4.99 Å². The lowest BCUT2D eigenvalue weighted by Crippen LogP contribution is -2.39. The first kappa shape index (κ1) is 16.0. The van der Waals surface area contributed by atoms with Gasteiger partial charge in [0.05, 0.1) is 0 Å². The summed E-state index contributed by atoms with van der Waals surface area (Å²) >= 11 is 0. The van der Waals surface area contributed by atoms with Crippen molar-refractivity contribution >= 4 is 29.9 Å². The normalized spacial score (nSPS) is 16.7. The second kappa shape index (κ2) is 8.14. The van der Waals surface area contributed by atoms with Crippen LogP contribution in [0, 0.1) is 5.41 Å². The third-order valence-electron chi connectivity index (χ3n) is 3.43. The first-order chi connectivity index (χ1) is 7.26. The molecule has 1 aliphatic carbocycles. The number of guanidine groups is 1. The summed E-state index contributed by atoms with van der Waals surface area (Å²) in [5, 5.41) is 6.53. The molecule has 0 unspecified atom stereocenters. The minimum atomic E-state index is 0. The van der Waals surface area contributed by atoms with Crippen LogP contribution in [0.5, 0.6) is 0 Å². The van der Waals surface area contributed by atoms with Crippen molar-refractivity contribution in [3.63, 3.8) is 0 Å². The Morgan fingerprint density at radius 2 is 1.69 bits per heavy atom. The number of halogens is 1. The highest BCUT2D eigenvalue weighted by atomic mass is 127. The number of rotatable bonds is 5. The summed E-state index contributed by atoms with van der Waals surface area (Å²) in [6.07, 6.45) is 5.38. The smallest absolute Gasteiger partial charge is 0.191 e. The van der Waals surface area contributed by atoms with Crippen LogP contribution < -0.4 is 10.6 Å². The summed E-state index contributed by atoms with van der Waals surface area (Å²) in [6, 6.07) is 0. The lowest BCUT2D eigenvalue weighted by Gasteiger charge is -2.40. The van der Waals surface area contributed by atoms with E-state index in [-0.39, 0.29) is 24.0 Å². The van der Waals surface area contributed by atoms with Crippen LogP contribution in [0.1, 0.15) is 46.5 Å². The van der Waals surface area contributed by atoms with Gasteiger partial charge in [0.15, 0.2) is 5.96 Å². The Hall–Kier alpha value is 0. The topological polar surface area (TPSA) is 36.4 Å². The van der Waals surface area contributed by atoms with Gasteiger partial charge < -0.3 is 10.6 Å². The Labute approximate surface area is 117 Å². The zero-order chi connectivity index (χ0) is 11.1. The standard InChI is InChI=1S/C12H25N3.HI/c1-4-12(8-7-9-12)10-15-11(13-5-2)14-6-3;/h4-10H2,1-3H3,(H2,13,14,15);1H. The van der Waals surface area contributed by atoms with E-state index in [0.29, 0.717) is 5.41 Å². The van der Waals surface area contributed by atoms with Gasteiger partial charge >= 0.3 is 0 Å². The Morgan fingerprint density at radius 1 is 1.12 bits per heavy atom. The molecule has 1 aliphatic rings. The SMILES string of the molecule is CCNC(=NCC1(CC)CCC1)NCC.I. The molecular weight excluding hydrogens is 313 g/mol. The summed E-state index contributed by atoms with van der Waals surface area (Å²) in [6.45, 7) is 9.35. The Morgan fingerprint density at radius 3 is 2.00 bits per heavy atom. The van der Waals surface area contributed by atoms with Crippen molar-refractivity contribution in [2.24, 2.45) is 10.4 Å². The van der Waals surface area contributed by atoms with E-state index >= 15 is 0 Å². The van der Waals surface area contributed by atoms with Gasteiger partial charge in [-0.15, -0.1) is 24.0 Å². The molecule has 0 aliphatic heterocycles. The number of hydrogen-bond acceptors (Lipinski definition) is 1. The van der Waals surface area contributed by atoms with Crippen LogP contribution in [0.15, 0.2) is 4.99 Å². The third kappa shape index (κ3) is 4.47. The minimum Gasteiger partial charge on any atom is -0.357 e. The van der Waals surface area contributed by atoms with Crippen LogP contribution in [-0.4, -0.2) is 25.6 Å². The second-order valence-corrected chi connectivity index (χ2v) is 4.43. The number of hydrogen-bond donors (Lipinski definition) is 2. The predicted molar refractivity (Wildman–Crippen MR) is 81.6 cm³/mol. The molecular formula is C12H26IN3. The molecule has 1 rings (SSSR count). The summed E-state index contributed by atoms with van der Waals surface area (Å²) in [5.74, 6) is 0.972. The first-order valence-electron chi connectivity index (χ1n) is 6.28. The summed E-state index contributed by atoms with van der Waals surface area (Å²) in [4.78, 5) is 4.66. The van der Waals surface area contributed by atoms with Crippen molar-refractivity contribution in [2.75, 3.05) is 19.6 Å². The van der Waals surface area contributed by atoms with Gasteiger partial charge in [-0.05, 0) is 38.5 Å². The van der Waals surface area contributed by atoms with Crippen molar-refractivity contribution in [3.05, 3.63) is 0 Å². The van der Waals surface area contributed by atoms with Gasteiger partial charge in [-0.25, -0.2) is 0 Å². The molecule has 0 aromatic heterocycles. The van der Waals surface area contributed by atoms with Crippen molar-refractivity contribution < 1.29 is 0 Å². The molecule has 0 amide bonds. The molecule has 0 saturated heterocycles. The lowest BCUT2D eigenvalue weighted by atomic mass is 9.67. The average Bonchev–Trinajstić information content (AvgIpc) is 2.17. The Kier molecular flexibility index (Phi) is 8.14. The number of nitrogens with zero attached hydrogens (tertiary/aromatic N) is 1. The molecule has 1 saturated carbocycles. The molecule has 0 heterocycles. The van der Waals surface area contributed by atoms with Crippen molar-refractivity contribution in [1.82, 2.24) is 10.6 Å². The fraction of sp³-hybridized carbons (Fsp3) is 0.917. The highest BCUT2D eigenvalue weighted by Gasteiger charge is 2.34. The largest absolute Gasteiger partial charge is 0.357 e. The van der Waals surface area contributed by atoms with E-state index in [1.165, 1.54) is 25.7 Å². The van der Waals surface area contributed by atoms with Crippen LogP contribution in [0.2, 0.25) is 0 Å². The molecule has 0 aromatic carbocycles. The predicted octanol–water partition coefficient (Wildman–Crippen LogP) is 2.76. The fourth-order valence-corrected chi connectivity index (χ4v) is 2.06. The summed E-state index contributed by atoms with van der Waals surface area (Å²) in [5.41, 5.74) is 0.524. The van der Waals surface area contributed by atoms with Crippen LogP contribution in [0.3, 0.4) is 0 Å². The number of nitrogens with one attached hydrogen (secondary N) is 2. The van der Waals surface area contributed by atoms with Gasteiger partial charge in [-0.2, -0.15) is 0 Å². The fourth-order valence-electron chi connectivity index (χ4n) is 2.06. The molecule has 0 bridgehead atoms.